The molecule has 0 spiro atoms. The summed E-state index contributed by atoms with van der Waals surface area (Å²) in [4.78, 5) is 157. The van der Waals surface area contributed by atoms with Crippen molar-refractivity contribution >= 4 is 151 Å². The molecule has 36 heteroatoms. The molecular formula is C110H143N27O9. The van der Waals surface area contributed by atoms with Crippen LogP contribution in [0.1, 0.15) is 198 Å². The van der Waals surface area contributed by atoms with Crippen LogP contribution in [0, 0.1) is 0 Å². The normalized spacial score (nSPS) is 16.5. The lowest BCUT2D eigenvalue weighted by molar-refractivity contribution is -0.129. The van der Waals surface area contributed by atoms with Gasteiger partial charge in [0.2, 0.25) is 65.2 Å². The number of hydrogen-bond donors (Lipinski definition) is 5. The summed E-state index contributed by atoms with van der Waals surface area (Å²) in [5, 5.41) is 16.3. The molecule has 0 saturated carbocycles. The lowest BCUT2D eigenvalue weighted by atomic mass is 10.1. The van der Waals surface area contributed by atoms with Crippen molar-refractivity contribution < 1.29 is 43.0 Å². The zero-order chi connectivity index (χ0) is 102. The summed E-state index contributed by atoms with van der Waals surface area (Å²) < 4.78 is 10.7. The lowest BCUT2D eigenvalue weighted by Crippen LogP contribution is -2.48. The molecule has 15 heterocycles. The zero-order valence-electron chi connectivity index (χ0n) is 86.8. The van der Waals surface area contributed by atoms with Crippen molar-refractivity contribution in [1.29, 1.82) is 0 Å². The second kappa shape index (κ2) is 49.6. The minimum atomic E-state index is 0.0120. The third-order valence-corrected chi connectivity index (χ3v) is 29.2. The Bertz CT molecular complexity index is 5950. The second-order valence-corrected chi connectivity index (χ2v) is 38.5. The summed E-state index contributed by atoms with van der Waals surface area (Å²) in [6.45, 7) is 38.2. The first kappa shape index (κ1) is 105. The number of piperidine rings is 1. The number of aromatic nitrogens is 10. The number of anilines is 19. The van der Waals surface area contributed by atoms with Gasteiger partial charge in [0.15, 0.2) is 0 Å². The van der Waals surface area contributed by atoms with E-state index in [1.54, 1.807) is 54.9 Å². The van der Waals surface area contributed by atoms with Gasteiger partial charge in [0.1, 0.15) is 29.1 Å². The van der Waals surface area contributed by atoms with Crippen molar-refractivity contribution in [2.45, 2.75) is 222 Å². The van der Waals surface area contributed by atoms with Crippen LogP contribution in [0.15, 0.2) is 152 Å². The number of nitrogens with one attached hydrogen (secondary N) is 5. The molecule has 146 heavy (non-hydrogen) atoms. The van der Waals surface area contributed by atoms with Crippen LogP contribution in [0.3, 0.4) is 0 Å². The Labute approximate surface area is 857 Å². The van der Waals surface area contributed by atoms with Gasteiger partial charge in [0, 0.05) is 244 Å². The van der Waals surface area contributed by atoms with E-state index in [0.29, 0.717) is 99.5 Å². The van der Waals surface area contributed by atoms with Crippen LogP contribution in [0.25, 0.3) is 0 Å². The zero-order valence-corrected chi connectivity index (χ0v) is 86.8. The van der Waals surface area contributed by atoms with E-state index in [4.69, 9.17) is 9.47 Å². The largest absolute Gasteiger partial charge is 0.378 e. The van der Waals surface area contributed by atoms with E-state index in [0.717, 1.165) is 241 Å². The Morgan fingerprint density at radius 3 is 0.774 bits per heavy atom. The first-order valence-corrected chi connectivity index (χ1v) is 52.7. The predicted molar refractivity (Wildman–Crippen MR) is 577 cm³/mol. The number of nitrogens with zero attached hydrogens (tertiary/aromatic N) is 22. The van der Waals surface area contributed by atoms with E-state index >= 15 is 0 Å². The molecule has 0 bridgehead atoms. The van der Waals surface area contributed by atoms with Gasteiger partial charge in [-0.05, 0) is 212 Å². The molecule has 5 saturated heterocycles. The van der Waals surface area contributed by atoms with Gasteiger partial charge >= 0.3 is 0 Å². The highest BCUT2D eigenvalue weighted by molar-refractivity contribution is 6.04. The summed E-state index contributed by atoms with van der Waals surface area (Å²) in [5.41, 5.74) is 14.5. The van der Waals surface area contributed by atoms with E-state index in [9.17, 15) is 33.6 Å². The van der Waals surface area contributed by atoms with E-state index < -0.39 is 0 Å². The maximum atomic E-state index is 12.6. The number of carbonyl (C=O) groups excluding carboxylic acids is 7. The van der Waals surface area contributed by atoms with Crippen molar-refractivity contribution in [1.82, 2.24) is 64.5 Å². The average molecular weight is 1990 g/mol. The highest BCUT2D eigenvalue weighted by Crippen LogP contribution is 2.40. The van der Waals surface area contributed by atoms with Gasteiger partial charge in [-0.2, -0.15) is 24.9 Å². The molecule has 10 aliphatic rings. The number of hydrogen-bond acceptors (Lipinski definition) is 29. The summed E-state index contributed by atoms with van der Waals surface area (Å²) in [6.07, 6.45) is 23.7. The molecular weight excluding hydrogens is 1840 g/mol. The Balaban J connectivity index is 0.000000131. The van der Waals surface area contributed by atoms with Crippen molar-refractivity contribution in [3.63, 3.8) is 0 Å². The van der Waals surface area contributed by atoms with Crippen LogP contribution >= 0.6 is 0 Å². The number of morpholine rings is 2. The first-order valence-electron chi connectivity index (χ1n) is 52.7. The topological polar surface area (TPSA) is 366 Å². The van der Waals surface area contributed by atoms with Gasteiger partial charge in [-0.1, -0.05) is 69.2 Å². The molecule has 0 unspecified atom stereocenters. The Morgan fingerprint density at radius 2 is 0.521 bits per heavy atom. The number of rotatable bonds is 30. The van der Waals surface area contributed by atoms with E-state index in [1.807, 2.05) is 65.8 Å². The number of fused-ring (bicyclic) bond motifs is 5. The maximum Gasteiger partial charge on any atom is 0.254 e. The van der Waals surface area contributed by atoms with Gasteiger partial charge in [-0.15, -0.1) is 0 Å². The summed E-state index contributed by atoms with van der Waals surface area (Å²) >= 11 is 0. The number of likely N-dealkylation sites (N-methyl/N-ethyl adjacent to an activating group) is 1. The molecule has 0 radical (unpaired) electrons. The Kier molecular flexibility index (Phi) is 35.6. The molecule has 5 N–H and O–H groups in total. The molecule has 5 aromatic heterocycles. The van der Waals surface area contributed by atoms with Gasteiger partial charge in [-0.25, -0.2) is 24.9 Å². The van der Waals surface area contributed by atoms with Gasteiger partial charge in [0.05, 0.1) is 58.5 Å². The van der Waals surface area contributed by atoms with E-state index in [-0.39, 0.29) is 71.6 Å². The average Bonchev–Trinajstić information content (AvgIpc) is 1.64. The summed E-state index contributed by atoms with van der Waals surface area (Å²) in [7, 11) is 2.17. The smallest absolute Gasteiger partial charge is 0.254 e. The minimum Gasteiger partial charge on any atom is -0.378 e. The van der Waals surface area contributed by atoms with Gasteiger partial charge in [0.25, 0.3) is 5.91 Å². The van der Waals surface area contributed by atoms with Crippen molar-refractivity contribution in [3.05, 3.63) is 186 Å². The second-order valence-electron chi connectivity index (χ2n) is 38.5. The fourth-order valence-electron chi connectivity index (χ4n) is 20.6. The monoisotopic (exact) mass is 1990 g/mol. The van der Waals surface area contributed by atoms with E-state index in [2.05, 4.69) is 250 Å². The standard InChI is InChI=1S/C23H30N6O2.C22H30N6O.C22H27N5O3.C22H29N5O.C21H27N5O2/c1-4-19(5-2)29-21(31)14-17-15-24-23(26-22(17)29)25-18-6-8-20(9-7-18)28-12-10-27(11-13-28)16(3)30;1-4-18(5-2)28-20(29)14-16-15-23-22(25-21(16)28)24-17-6-8-19(9-7-17)27-12-10-26(3)11-13-27;1-3-18(4-2)27-19(28)13-16-14-23-22(25-20(16)27)24-17-7-5-15(6-8-17)21(29)26-9-11-30-12-10-26;1-3-18(4-2)27-20(28)14-16-15-23-22(25-21(16)27)24-17-8-10-19(11-9-17)26-12-6-5-7-13-26;1-3-17(4-2)26-19(27)13-15-14-22-21(24-20(15)26)23-16-5-7-18(8-6-16)25-9-11-28-12-10-25/h6-9,15,19H,4-5,10-14H2,1-3H3,(H,24,25,26);6-9,15,18H,4-5,10-14H2,1-3H3,(H,23,24,25);5-8,14,18H,3-4,9-13H2,1-2H3,(H,23,24,25);8-11,15,18H,3-7,12-14H2,1-2H3,(H,23,24,25);5-8,14,17H,3-4,9-13H2,1-2H3,(H,22,23,24). The Hall–Kier alpha value is -14.1. The number of piperazine rings is 2. The van der Waals surface area contributed by atoms with Gasteiger partial charge < -0.3 is 70.4 Å². The first-order chi connectivity index (χ1) is 71.1. The predicted octanol–water partition coefficient (Wildman–Crippen LogP) is 16.2. The van der Waals surface area contributed by atoms with Crippen molar-refractivity contribution in [2.75, 3.05) is 196 Å². The van der Waals surface area contributed by atoms with Crippen LogP contribution < -0.4 is 70.7 Å². The van der Waals surface area contributed by atoms with Crippen molar-refractivity contribution in [3.8, 4) is 0 Å². The third-order valence-electron chi connectivity index (χ3n) is 29.2. The molecule has 0 aliphatic carbocycles. The minimum absolute atomic E-state index is 0.0120. The highest BCUT2D eigenvalue weighted by atomic mass is 16.5. The van der Waals surface area contributed by atoms with E-state index in [1.165, 1.54) is 36.3 Å². The third kappa shape index (κ3) is 25.1. The van der Waals surface area contributed by atoms with Gasteiger partial charge in [-0.3, -0.25) is 58.1 Å². The van der Waals surface area contributed by atoms with Crippen LogP contribution in [0.4, 0.5) is 110 Å². The number of ether oxygens (including phenoxy) is 2. The maximum absolute atomic E-state index is 12.6. The van der Waals surface area contributed by atoms with Crippen LogP contribution in [-0.2, 0) is 70.3 Å². The van der Waals surface area contributed by atoms with Crippen LogP contribution in [0.5, 0.6) is 0 Å². The number of benzene rings is 5. The fourth-order valence-corrected chi connectivity index (χ4v) is 20.6. The molecule has 0 atom stereocenters. The molecule has 772 valence electrons. The molecule has 5 aromatic carbocycles. The molecule has 5 fully saturated rings. The molecule has 20 rings (SSSR count). The molecule has 7 amide bonds. The quantitative estimate of drug-likeness (QED) is 0.0279. The van der Waals surface area contributed by atoms with Crippen molar-refractivity contribution in [2.24, 2.45) is 0 Å². The number of amides is 7. The Morgan fingerprint density at radius 1 is 0.288 bits per heavy atom. The van der Waals surface area contributed by atoms with Crippen LogP contribution in [0.2, 0.25) is 0 Å². The highest BCUT2D eigenvalue weighted by Gasteiger charge is 2.40. The number of carbonyl (C=O) groups is 7. The molecule has 10 aromatic rings. The SMILES string of the molecule is CCC(CC)N1C(=O)Cc2cnc(Nc3ccc(C(=O)N4CCOCC4)cc3)nc21.CCC(CC)N1C(=O)Cc2cnc(Nc3ccc(N4CCCCC4)cc3)nc21.CCC(CC)N1C(=O)Cc2cnc(Nc3ccc(N4CCN(C(C)=O)CC4)cc3)nc21.CCC(CC)N1C(=O)Cc2cnc(Nc3ccc(N4CCN(C)CC4)cc3)nc21.CCC(CC)N1C(=O)Cc2cnc(Nc3ccc(N4CCOCC4)cc3)nc21. The molecule has 10 aliphatic heterocycles. The molecule has 36 nitrogen and oxygen atoms in total. The van der Waals surface area contributed by atoms with Crippen LogP contribution in [-0.4, -0.2) is 261 Å². The summed E-state index contributed by atoms with van der Waals surface area (Å²) in [6, 6.07) is 41.4. The lowest BCUT2D eigenvalue weighted by Gasteiger charge is -2.35. The summed E-state index contributed by atoms with van der Waals surface area (Å²) in [5.74, 6) is 6.91. The fraction of sp³-hybridized carbons (Fsp3) is 0.482.